The first-order valence-corrected chi connectivity index (χ1v) is 7.90. The van der Waals surface area contributed by atoms with E-state index in [1.54, 1.807) is 29.8 Å². The first-order valence-electron chi connectivity index (χ1n) is 7.90. The molecule has 124 valence electrons. The van der Waals surface area contributed by atoms with Crippen molar-refractivity contribution in [2.24, 2.45) is 0 Å². The van der Waals surface area contributed by atoms with E-state index in [0.717, 1.165) is 49.6 Å². The number of hydrogen-bond donors (Lipinski definition) is 0. The maximum atomic E-state index is 11.9. The van der Waals surface area contributed by atoms with Crippen LogP contribution in [0.4, 0.5) is 5.69 Å². The van der Waals surface area contributed by atoms with E-state index < -0.39 is 0 Å². The van der Waals surface area contributed by atoms with Crippen LogP contribution in [0.3, 0.4) is 0 Å². The first-order chi connectivity index (χ1) is 11.0. The summed E-state index contributed by atoms with van der Waals surface area (Å²) in [6.45, 7) is 6.06. The summed E-state index contributed by atoms with van der Waals surface area (Å²) in [4.78, 5) is 18.1. The Kier molecular flexibility index (Phi) is 4.42. The minimum atomic E-state index is 0.151. The smallest absolute Gasteiger partial charge is 0.236 e. The van der Waals surface area contributed by atoms with Crippen LogP contribution >= 0.6 is 0 Å². The Bertz CT molecular complexity index is 696. The number of carbonyl (C=O) groups is 1. The molecule has 3 heterocycles. The monoisotopic (exact) mass is 317 g/mol. The molecule has 0 unspecified atom stereocenters. The van der Waals surface area contributed by atoms with Crippen LogP contribution < -0.4 is 4.90 Å². The van der Waals surface area contributed by atoms with Crippen LogP contribution in [0.5, 0.6) is 0 Å². The second kappa shape index (κ2) is 6.49. The van der Waals surface area contributed by atoms with Crippen LogP contribution in [0.1, 0.15) is 12.1 Å². The fraction of sp³-hybridized carbons (Fsp3) is 0.600. The number of nitrogens with zero attached hydrogens (tertiary/aromatic N) is 7. The summed E-state index contributed by atoms with van der Waals surface area (Å²) in [6.07, 6.45) is 2.65. The number of aromatic nitrogens is 4. The summed E-state index contributed by atoms with van der Waals surface area (Å²) in [7, 11) is 3.60. The fourth-order valence-electron chi connectivity index (χ4n) is 2.87. The van der Waals surface area contributed by atoms with Gasteiger partial charge in [-0.3, -0.25) is 9.69 Å². The van der Waals surface area contributed by atoms with Crippen molar-refractivity contribution in [3.63, 3.8) is 0 Å². The van der Waals surface area contributed by atoms with Gasteiger partial charge in [-0.25, -0.2) is 0 Å². The van der Waals surface area contributed by atoms with Gasteiger partial charge >= 0.3 is 0 Å². The fourth-order valence-corrected chi connectivity index (χ4v) is 2.87. The van der Waals surface area contributed by atoms with Gasteiger partial charge in [0.1, 0.15) is 6.33 Å². The number of rotatable bonds is 3. The predicted molar refractivity (Wildman–Crippen MR) is 87.5 cm³/mol. The third kappa shape index (κ3) is 3.42. The molecule has 23 heavy (non-hydrogen) atoms. The molecular formula is C15H23N7O. The zero-order chi connectivity index (χ0) is 16.4. The number of anilines is 1. The highest BCUT2D eigenvalue weighted by Crippen LogP contribution is 2.21. The lowest BCUT2D eigenvalue weighted by atomic mass is 10.3. The van der Waals surface area contributed by atoms with Crippen molar-refractivity contribution in [2.75, 3.05) is 51.7 Å². The Morgan fingerprint density at radius 1 is 1.26 bits per heavy atom. The molecule has 1 amide bonds. The molecule has 0 radical (unpaired) electrons. The van der Waals surface area contributed by atoms with Crippen molar-refractivity contribution in [1.29, 1.82) is 0 Å². The molecule has 3 rings (SSSR count). The van der Waals surface area contributed by atoms with E-state index >= 15 is 0 Å². The van der Waals surface area contributed by atoms with Crippen molar-refractivity contribution < 1.29 is 4.79 Å². The lowest BCUT2D eigenvalue weighted by Gasteiger charge is -2.24. The van der Waals surface area contributed by atoms with Gasteiger partial charge in [-0.1, -0.05) is 0 Å². The van der Waals surface area contributed by atoms with Crippen LogP contribution in [0.2, 0.25) is 0 Å². The van der Waals surface area contributed by atoms with E-state index in [0.29, 0.717) is 6.54 Å². The van der Waals surface area contributed by atoms with Crippen molar-refractivity contribution in [1.82, 2.24) is 29.6 Å². The number of aryl methyl sites for hydroxylation is 1. The molecule has 0 saturated carbocycles. The highest BCUT2D eigenvalue weighted by Gasteiger charge is 2.20. The van der Waals surface area contributed by atoms with Crippen molar-refractivity contribution >= 4 is 17.2 Å². The number of carbonyl (C=O) groups excluding carboxylic acids is 1. The summed E-state index contributed by atoms with van der Waals surface area (Å²) in [5.74, 6) is 0.151. The van der Waals surface area contributed by atoms with Gasteiger partial charge < -0.3 is 9.80 Å². The normalized spacial score (nSPS) is 16.6. The van der Waals surface area contributed by atoms with E-state index in [1.165, 1.54) is 0 Å². The second-order valence-corrected chi connectivity index (χ2v) is 6.17. The van der Waals surface area contributed by atoms with Crippen molar-refractivity contribution in [3.05, 3.63) is 18.1 Å². The van der Waals surface area contributed by atoms with Gasteiger partial charge in [-0.2, -0.15) is 9.61 Å². The Morgan fingerprint density at radius 3 is 2.87 bits per heavy atom. The molecule has 2 aromatic rings. The summed E-state index contributed by atoms with van der Waals surface area (Å²) < 4.78 is 1.73. The number of amides is 1. The van der Waals surface area contributed by atoms with Crippen LogP contribution in [0.15, 0.2) is 12.4 Å². The van der Waals surface area contributed by atoms with E-state index in [9.17, 15) is 4.79 Å². The van der Waals surface area contributed by atoms with Gasteiger partial charge in [0, 0.05) is 40.3 Å². The molecule has 0 atom stereocenters. The molecule has 1 aliphatic heterocycles. The molecule has 0 bridgehead atoms. The summed E-state index contributed by atoms with van der Waals surface area (Å²) >= 11 is 0. The van der Waals surface area contributed by atoms with Gasteiger partial charge in [0.25, 0.3) is 0 Å². The lowest BCUT2D eigenvalue weighted by molar-refractivity contribution is -0.129. The van der Waals surface area contributed by atoms with Crippen LogP contribution in [-0.4, -0.2) is 82.3 Å². The predicted octanol–water partition coefficient (Wildman–Crippen LogP) is 0.0330. The maximum Gasteiger partial charge on any atom is 0.236 e. The van der Waals surface area contributed by atoms with Gasteiger partial charge in [0.15, 0.2) is 0 Å². The van der Waals surface area contributed by atoms with Crippen LogP contribution in [0, 0.1) is 6.92 Å². The third-order valence-electron chi connectivity index (χ3n) is 4.16. The van der Waals surface area contributed by atoms with E-state index in [1.807, 2.05) is 6.92 Å². The Labute approximate surface area is 135 Å². The molecule has 0 spiro atoms. The molecule has 0 N–H and O–H groups in total. The maximum absolute atomic E-state index is 11.9. The zero-order valence-corrected chi connectivity index (χ0v) is 13.9. The van der Waals surface area contributed by atoms with Gasteiger partial charge in [0.05, 0.1) is 17.9 Å². The molecule has 1 fully saturated rings. The highest BCUT2D eigenvalue weighted by molar-refractivity contribution is 5.77. The summed E-state index contributed by atoms with van der Waals surface area (Å²) in [6, 6.07) is 2.06. The average molecular weight is 317 g/mol. The Morgan fingerprint density at radius 2 is 2.09 bits per heavy atom. The number of fused-ring (bicyclic) bond motifs is 1. The molecule has 8 nitrogen and oxygen atoms in total. The largest absolute Gasteiger partial charge is 0.367 e. The average Bonchev–Trinajstić information content (AvgIpc) is 2.85. The van der Waals surface area contributed by atoms with E-state index in [2.05, 4.69) is 31.2 Å². The molecule has 1 saturated heterocycles. The lowest BCUT2D eigenvalue weighted by Crippen LogP contribution is -2.38. The summed E-state index contributed by atoms with van der Waals surface area (Å²) in [5.41, 5.74) is 2.79. The first kappa shape index (κ1) is 15.7. The topological polar surface area (TPSA) is 69.9 Å². The molecule has 1 aliphatic rings. The quantitative estimate of drug-likeness (QED) is 0.796. The van der Waals surface area contributed by atoms with Crippen LogP contribution in [0.25, 0.3) is 5.65 Å². The van der Waals surface area contributed by atoms with Crippen molar-refractivity contribution in [3.8, 4) is 0 Å². The third-order valence-corrected chi connectivity index (χ3v) is 4.16. The standard InChI is InChI=1S/C15H23N7O/c1-12-9-13(15-17-16-11-22(15)18-12)21-6-4-5-20(7-8-21)10-14(23)19(2)3/h9,11H,4-8,10H2,1-3H3. The number of likely N-dealkylation sites (N-methyl/N-ethyl adjacent to an activating group) is 1. The zero-order valence-electron chi connectivity index (χ0n) is 13.9. The molecular weight excluding hydrogens is 294 g/mol. The van der Waals surface area contributed by atoms with Gasteiger partial charge in [-0.15, -0.1) is 10.2 Å². The minimum absolute atomic E-state index is 0.151. The van der Waals surface area contributed by atoms with Crippen molar-refractivity contribution in [2.45, 2.75) is 13.3 Å². The highest BCUT2D eigenvalue weighted by atomic mass is 16.2. The minimum Gasteiger partial charge on any atom is -0.367 e. The molecule has 8 heteroatoms. The molecule has 0 aromatic carbocycles. The number of hydrogen-bond acceptors (Lipinski definition) is 6. The van der Waals surface area contributed by atoms with Crippen LogP contribution in [-0.2, 0) is 4.79 Å². The van der Waals surface area contributed by atoms with E-state index in [4.69, 9.17) is 0 Å². The second-order valence-electron chi connectivity index (χ2n) is 6.17. The van der Waals surface area contributed by atoms with Gasteiger partial charge in [-0.05, 0) is 19.4 Å². The molecule has 2 aromatic heterocycles. The molecule has 0 aliphatic carbocycles. The Hall–Kier alpha value is -2.22. The Balaban J connectivity index is 1.74. The SMILES string of the molecule is Cc1cc(N2CCCN(CC(=O)N(C)C)CC2)c2nncn2n1. The van der Waals surface area contributed by atoms with Gasteiger partial charge in [0.2, 0.25) is 11.6 Å². The van der Waals surface area contributed by atoms with E-state index in [-0.39, 0.29) is 5.91 Å². The summed E-state index contributed by atoms with van der Waals surface area (Å²) in [5, 5.41) is 12.5.